The molecule has 0 atom stereocenters. The van der Waals surface area contributed by atoms with Gasteiger partial charge < -0.3 is 9.80 Å². The lowest BCUT2D eigenvalue weighted by Gasteiger charge is -2.20. The number of amides is 1. The number of pyridine rings is 1. The Morgan fingerprint density at radius 3 is 2.64 bits per heavy atom. The van der Waals surface area contributed by atoms with Crippen LogP contribution in [0.3, 0.4) is 0 Å². The van der Waals surface area contributed by atoms with Gasteiger partial charge in [-0.2, -0.15) is 0 Å². The van der Waals surface area contributed by atoms with Crippen molar-refractivity contribution in [3.05, 3.63) is 59.9 Å². The smallest absolute Gasteiger partial charge is 0.272 e. The van der Waals surface area contributed by atoms with Crippen LogP contribution in [0.4, 0.5) is 5.69 Å². The number of carbonyl (C=O) groups is 1. The van der Waals surface area contributed by atoms with Crippen molar-refractivity contribution in [2.24, 2.45) is 0 Å². The Kier molecular flexibility index (Phi) is 4.37. The molecule has 1 aromatic heterocycles. The molecule has 2 heterocycles. The molecule has 1 aliphatic rings. The van der Waals surface area contributed by atoms with Crippen molar-refractivity contribution in [1.82, 2.24) is 9.88 Å². The highest BCUT2D eigenvalue weighted by Crippen LogP contribution is 2.20. The second kappa shape index (κ2) is 6.60. The molecule has 0 N–H and O–H groups in total. The fourth-order valence-electron chi connectivity index (χ4n) is 2.83. The molecular formula is C18H21N3O. The third kappa shape index (κ3) is 3.27. The third-order valence-electron chi connectivity index (χ3n) is 4.04. The first-order chi connectivity index (χ1) is 10.7. The maximum atomic E-state index is 12.6. The first-order valence-corrected chi connectivity index (χ1v) is 7.74. The lowest BCUT2D eigenvalue weighted by Crippen LogP contribution is -2.27. The molecule has 0 radical (unpaired) electrons. The first kappa shape index (κ1) is 14.6. The second-order valence-corrected chi connectivity index (χ2v) is 5.74. The Balaban J connectivity index is 1.72. The van der Waals surface area contributed by atoms with Gasteiger partial charge in [0.2, 0.25) is 0 Å². The van der Waals surface area contributed by atoms with E-state index in [0.29, 0.717) is 12.2 Å². The summed E-state index contributed by atoms with van der Waals surface area (Å²) in [7, 11) is 1.82. The number of nitrogens with zero attached hydrogens (tertiary/aromatic N) is 3. The minimum Gasteiger partial charge on any atom is -0.371 e. The van der Waals surface area contributed by atoms with Crippen molar-refractivity contribution >= 4 is 11.6 Å². The van der Waals surface area contributed by atoms with Crippen molar-refractivity contribution in [2.45, 2.75) is 19.4 Å². The quantitative estimate of drug-likeness (QED) is 0.870. The highest BCUT2D eigenvalue weighted by atomic mass is 16.2. The Hall–Kier alpha value is -2.36. The van der Waals surface area contributed by atoms with Gasteiger partial charge in [0, 0.05) is 38.6 Å². The van der Waals surface area contributed by atoms with E-state index >= 15 is 0 Å². The minimum absolute atomic E-state index is 0.0371. The van der Waals surface area contributed by atoms with Crippen LogP contribution < -0.4 is 4.90 Å². The summed E-state index contributed by atoms with van der Waals surface area (Å²) >= 11 is 0. The molecule has 114 valence electrons. The lowest BCUT2D eigenvalue weighted by molar-refractivity contribution is 0.0779. The molecule has 22 heavy (non-hydrogen) atoms. The molecule has 0 aliphatic carbocycles. The van der Waals surface area contributed by atoms with Crippen LogP contribution in [0.2, 0.25) is 0 Å². The molecule has 0 unspecified atom stereocenters. The number of hydrogen-bond acceptors (Lipinski definition) is 3. The van der Waals surface area contributed by atoms with Crippen LogP contribution >= 0.6 is 0 Å². The summed E-state index contributed by atoms with van der Waals surface area (Å²) in [6, 6.07) is 13.9. The van der Waals surface area contributed by atoms with E-state index in [-0.39, 0.29) is 5.91 Å². The molecule has 1 amide bonds. The third-order valence-corrected chi connectivity index (χ3v) is 4.04. The number of carbonyl (C=O) groups excluding carboxylic acids is 1. The molecule has 1 fully saturated rings. The summed E-state index contributed by atoms with van der Waals surface area (Å²) in [6.45, 7) is 2.73. The summed E-state index contributed by atoms with van der Waals surface area (Å²) in [4.78, 5) is 20.8. The van der Waals surface area contributed by atoms with Crippen molar-refractivity contribution in [3.63, 3.8) is 0 Å². The van der Waals surface area contributed by atoms with Gasteiger partial charge >= 0.3 is 0 Å². The van der Waals surface area contributed by atoms with E-state index in [0.717, 1.165) is 24.3 Å². The maximum absolute atomic E-state index is 12.6. The molecule has 1 aromatic carbocycles. The molecule has 4 heteroatoms. The number of anilines is 1. The van der Waals surface area contributed by atoms with Gasteiger partial charge in [0.25, 0.3) is 5.91 Å². The SMILES string of the molecule is CN(Cc1ccccc1)C(=O)c1cc(N2CCCC2)ccn1. The monoisotopic (exact) mass is 295 g/mol. The fourth-order valence-corrected chi connectivity index (χ4v) is 2.83. The molecule has 1 aliphatic heterocycles. The predicted octanol–water partition coefficient (Wildman–Crippen LogP) is 2.95. The van der Waals surface area contributed by atoms with Crippen molar-refractivity contribution in [1.29, 1.82) is 0 Å². The molecule has 1 saturated heterocycles. The van der Waals surface area contributed by atoms with Gasteiger partial charge in [-0.3, -0.25) is 9.78 Å². The normalized spacial score (nSPS) is 14.1. The first-order valence-electron chi connectivity index (χ1n) is 7.74. The van der Waals surface area contributed by atoms with Gasteiger partial charge in [-0.05, 0) is 30.5 Å². The summed E-state index contributed by atoms with van der Waals surface area (Å²) in [6.07, 6.45) is 4.18. The van der Waals surface area contributed by atoms with E-state index in [9.17, 15) is 4.79 Å². The minimum atomic E-state index is -0.0371. The van der Waals surface area contributed by atoms with E-state index in [4.69, 9.17) is 0 Å². The average Bonchev–Trinajstić information content (AvgIpc) is 3.10. The Morgan fingerprint density at radius 1 is 1.18 bits per heavy atom. The van der Waals surface area contributed by atoms with Gasteiger partial charge in [-0.15, -0.1) is 0 Å². The van der Waals surface area contributed by atoms with Crippen LogP contribution in [-0.2, 0) is 6.54 Å². The van der Waals surface area contributed by atoms with Crippen LogP contribution in [0.15, 0.2) is 48.7 Å². The van der Waals surface area contributed by atoms with E-state index in [1.807, 2.05) is 49.5 Å². The predicted molar refractivity (Wildman–Crippen MR) is 87.9 cm³/mol. The van der Waals surface area contributed by atoms with E-state index in [1.165, 1.54) is 12.8 Å². The molecule has 2 aromatic rings. The fraction of sp³-hybridized carbons (Fsp3) is 0.333. The Labute approximate surface area is 131 Å². The highest BCUT2D eigenvalue weighted by Gasteiger charge is 2.17. The number of hydrogen-bond donors (Lipinski definition) is 0. The highest BCUT2D eigenvalue weighted by molar-refractivity contribution is 5.93. The van der Waals surface area contributed by atoms with Crippen LogP contribution in [0.5, 0.6) is 0 Å². The zero-order chi connectivity index (χ0) is 15.4. The summed E-state index contributed by atoms with van der Waals surface area (Å²) in [5, 5.41) is 0. The standard InChI is InChI=1S/C18H21N3O/c1-20(14-15-7-3-2-4-8-15)18(22)17-13-16(9-10-19-17)21-11-5-6-12-21/h2-4,7-10,13H,5-6,11-12,14H2,1H3. The summed E-state index contributed by atoms with van der Waals surface area (Å²) in [5.41, 5.74) is 2.74. The van der Waals surface area contributed by atoms with Crippen LogP contribution in [-0.4, -0.2) is 35.9 Å². The molecular weight excluding hydrogens is 274 g/mol. The van der Waals surface area contributed by atoms with Crippen molar-refractivity contribution < 1.29 is 4.79 Å². The van der Waals surface area contributed by atoms with E-state index in [1.54, 1.807) is 11.1 Å². The Bertz CT molecular complexity index is 636. The van der Waals surface area contributed by atoms with Gasteiger partial charge in [0.05, 0.1) is 0 Å². The van der Waals surface area contributed by atoms with Crippen molar-refractivity contribution in [3.8, 4) is 0 Å². The van der Waals surface area contributed by atoms with E-state index in [2.05, 4.69) is 9.88 Å². The zero-order valence-corrected chi connectivity index (χ0v) is 12.9. The van der Waals surface area contributed by atoms with Crippen LogP contribution in [0, 0.1) is 0 Å². The summed E-state index contributed by atoms with van der Waals surface area (Å²) in [5.74, 6) is -0.0371. The maximum Gasteiger partial charge on any atom is 0.272 e. The van der Waals surface area contributed by atoms with E-state index < -0.39 is 0 Å². The average molecular weight is 295 g/mol. The van der Waals surface area contributed by atoms with Gasteiger partial charge in [-0.25, -0.2) is 0 Å². The zero-order valence-electron chi connectivity index (χ0n) is 12.9. The van der Waals surface area contributed by atoms with Crippen molar-refractivity contribution in [2.75, 3.05) is 25.0 Å². The lowest BCUT2D eigenvalue weighted by atomic mass is 10.2. The molecule has 0 spiro atoms. The van der Waals surface area contributed by atoms with Crippen LogP contribution in [0.25, 0.3) is 0 Å². The molecule has 0 saturated carbocycles. The Morgan fingerprint density at radius 2 is 1.91 bits per heavy atom. The van der Waals surface area contributed by atoms with Crippen LogP contribution in [0.1, 0.15) is 28.9 Å². The summed E-state index contributed by atoms with van der Waals surface area (Å²) < 4.78 is 0. The van der Waals surface area contributed by atoms with Gasteiger partial charge in [0.1, 0.15) is 5.69 Å². The molecule has 0 bridgehead atoms. The topological polar surface area (TPSA) is 36.4 Å². The molecule has 3 rings (SSSR count). The van der Waals surface area contributed by atoms with Gasteiger partial charge in [0.15, 0.2) is 0 Å². The number of rotatable bonds is 4. The largest absolute Gasteiger partial charge is 0.371 e. The van der Waals surface area contributed by atoms with Gasteiger partial charge in [-0.1, -0.05) is 30.3 Å². The molecule has 4 nitrogen and oxygen atoms in total. The number of benzene rings is 1. The number of aromatic nitrogens is 1. The second-order valence-electron chi connectivity index (χ2n) is 5.74.